The number of rotatable bonds is 9. The van der Waals surface area contributed by atoms with Gasteiger partial charge in [0, 0.05) is 48.2 Å². The van der Waals surface area contributed by atoms with Crippen LogP contribution in [0.15, 0.2) is 79.2 Å². The largest absolute Gasteiger partial charge is 0.474 e. The summed E-state index contributed by atoms with van der Waals surface area (Å²) in [6.45, 7) is 9.29. The van der Waals surface area contributed by atoms with Gasteiger partial charge in [-0.05, 0) is 64.1 Å². The number of benzene rings is 2. The van der Waals surface area contributed by atoms with Gasteiger partial charge in [0.2, 0.25) is 5.90 Å². The standard InChI is InChI=1S/C32H37N6O4P/c1-5-16-38(23-9-6-20(2)7-10-23)32(40)21(3)31(39)36-22-8-11-25(27(43)19-22)42-26-12-15-35-29(33)28(26)30(34)41-24-13-17-37(4)18-14-24/h5-12,15-16,19,24,34H,3,13-14,17-18,43H2,1-2,4H3,(H2,33,35)(H,36,39)/b16-5-,34-30?. The first-order valence-corrected chi connectivity index (χ1v) is 14.4. The van der Waals surface area contributed by atoms with Crippen molar-refractivity contribution in [3.05, 3.63) is 90.3 Å². The Hall–Kier alpha value is -4.53. The fourth-order valence-corrected chi connectivity index (χ4v) is 4.85. The second kappa shape index (κ2) is 14.1. The topological polar surface area (TPSA) is 134 Å². The monoisotopic (exact) mass is 600 g/mol. The molecule has 0 bridgehead atoms. The van der Waals surface area contributed by atoms with Crippen LogP contribution >= 0.6 is 9.24 Å². The molecule has 1 atom stereocenters. The van der Waals surface area contributed by atoms with E-state index < -0.39 is 11.8 Å². The number of nitrogens with one attached hydrogen (secondary N) is 2. The highest BCUT2D eigenvalue weighted by Gasteiger charge is 2.25. The Bertz CT molecular complexity index is 1550. The Labute approximate surface area is 254 Å². The van der Waals surface area contributed by atoms with Crippen molar-refractivity contribution < 1.29 is 19.1 Å². The average Bonchev–Trinajstić information content (AvgIpc) is 2.98. The van der Waals surface area contributed by atoms with Crippen molar-refractivity contribution in [2.45, 2.75) is 32.8 Å². The number of carbonyl (C=O) groups is 2. The summed E-state index contributed by atoms with van der Waals surface area (Å²) in [7, 11) is 4.62. The van der Waals surface area contributed by atoms with Crippen LogP contribution in [0.1, 0.15) is 30.9 Å². The lowest BCUT2D eigenvalue weighted by atomic mass is 10.1. The maximum atomic E-state index is 13.2. The van der Waals surface area contributed by atoms with Gasteiger partial charge in [0.15, 0.2) is 0 Å². The van der Waals surface area contributed by atoms with Gasteiger partial charge in [-0.15, -0.1) is 9.24 Å². The van der Waals surface area contributed by atoms with Gasteiger partial charge in [-0.1, -0.05) is 30.4 Å². The number of carbonyl (C=O) groups excluding carboxylic acids is 2. The number of hydrogen-bond acceptors (Lipinski definition) is 8. The summed E-state index contributed by atoms with van der Waals surface area (Å²) in [5, 5.41) is 11.9. The molecule has 4 rings (SSSR count). The molecule has 0 saturated carbocycles. The van der Waals surface area contributed by atoms with Crippen molar-refractivity contribution in [3.63, 3.8) is 0 Å². The molecule has 1 aromatic heterocycles. The van der Waals surface area contributed by atoms with Gasteiger partial charge in [-0.2, -0.15) is 0 Å². The lowest BCUT2D eigenvalue weighted by molar-refractivity contribution is -0.119. The predicted octanol–water partition coefficient (Wildman–Crippen LogP) is 4.76. The first-order valence-electron chi connectivity index (χ1n) is 13.9. The number of piperidine rings is 1. The number of nitrogen functional groups attached to an aromatic ring is 1. The van der Waals surface area contributed by atoms with Gasteiger partial charge < -0.3 is 25.4 Å². The van der Waals surface area contributed by atoms with Crippen LogP contribution in [0.3, 0.4) is 0 Å². The molecule has 0 radical (unpaired) electrons. The number of likely N-dealkylation sites (tertiary alicyclic amines) is 1. The zero-order chi connectivity index (χ0) is 31.1. The molecule has 1 fully saturated rings. The lowest BCUT2D eigenvalue weighted by Gasteiger charge is -2.29. The van der Waals surface area contributed by atoms with Crippen LogP contribution in [0.2, 0.25) is 0 Å². The number of aryl methyl sites for hydroxylation is 1. The Balaban J connectivity index is 1.45. The highest BCUT2D eigenvalue weighted by Crippen LogP contribution is 2.30. The van der Waals surface area contributed by atoms with Crippen molar-refractivity contribution in [1.29, 1.82) is 5.41 Å². The summed E-state index contributed by atoms with van der Waals surface area (Å²) >= 11 is 0. The van der Waals surface area contributed by atoms with Crippen LogP contribution in [-0.4, -0.2) is 53.8 Å². The molecule has 3 aromatic rings. The zero-order valence-corrected chi connectivity index (χ0v) is 25.7. The van der Waals surface area contributed by atoms with E-state index in [9.17, 15) is 9.59 Å². The molecule has 1 aliphatic rings. The third-order valence-corrected chi connectivity index (χ3v) is 7.42. The van der Waals surface area contributed by atoms with E-state index in [-0.39, 0.29) is 29.0 Å². The number of aromatic nitrogens is 1. The van der Waals surface area contributed by atoms with E-state index in [2.05, 4.69) is 38.1 Å². The molecule has 2 aromatic carbocycles. The van der Waals surface area contributed by atoms with Crippen molar-refractivity contribution in [2.75, 3.05) is 36.1 Å². The van der Waals surface area contributed by atoms with E-state index in [4.69, 9.17) is 20.6 Å². The molecular weight excluding hydrogens is 563 g/mol. The average molecular weight is 601 g/mol. The van der Waals surface area contributed by atoms with Gasteiger partial charge in [-0.25, -0.2) is 4.98 Å². The molecule has 1 aliphatic heterocycles. The smallest absolute Gasteiger partial charge is 0.267 e. The van der Waals surface area contributed by atoms with E-state index in [0.717, 1.165) is 31.5 Å². The molecule has 43 heavy (non-hydrogen) atoms. The number of allylic oxidation sites excluding steroid dienone is 1. The Morgan fingerprint density at radius 3 is 2.51 bits per heavy atom. The van der Waals surface area contributed by atoms with Crippen molar-refractivity contribution in [1.82, 2.24) is 9.88 Å². The van der Waals surface area contributed by atoms with Gasteiger partial charge in [0.05, 0.1) is 5.57 Å². The van der Waals surface area contributed by atoms with E-state index in [0.29, 0.717) is 28.2 Å². The van der Waals surface area contributed by atoms with Crippen LogP contribution in [0.25, 0.3) is 0 Å². The molecule has 0 spiro atoms. The lowest BCUT2D eigenvalue weighted by Crippen LogP contribution is -2.35. The normalized spacial score (nSPS) is 13.9. The number of nitrogens with two attached hydrogens (primary N) is 1. The number of anilines is 3. The first kappa shape index (κ1) is 31.4. The molecule has 0 aliphatic carbocycles. The highest BCUT2D eigenvalue weighted by atomic mass is 31.0. The fraction of sp³-hybridized carbons (Fsp3) is 0.250. The highest BCUT2D eigenvalue weighted by molar-refractivity contribution is 7.27. The van der Waals surface area contributed by atoms with E-state index >= 15 is 0 Å². The molecule has 2 heterocycles. The van der Waals surface area contributed by atoms with Crippen LogP contribution in [-0.2, 0) is 14.3 Å². The summed E-state index contributed by atoms with van der Waals surface area (Å²) in [5.41, 5.74) is 8.31. The number of hydrogen-bond donors (Lipinski definition) is 3. The number of pyridine rings is 1. The molecule has 1 unspecified atom stereocenters. The summed E-state index contributed by atoms with van der Waals surface area (Å²) in [6, 6.07) is 14.0. The third-order valence-electron chi connectivity index (χ3n) is 6.97. The summed E-state index contributed by atoms with van der Waals surface area (Å²) < 4.78 is 12.1. The van der Waals surface area contributed by atoms with Crippen molar-refractivity contribution >= 4 is 49.4 Å². The van der Waals surface area contributed by atoms with Gasteiger partial charge in [0.1, 0.15) is 29.0 Å². The summed E-state index contributed by atoms with van der Waals surface area (Å²) in [4.78, 5) is 33.9. The third kappa shape index (κ3) is 7.85. The van der Waals surface area contributed by atoms with Crippen LogP contribution in [0, 0.1) is 12.3 Å². The minimum atomic E-state index is -0.631. The fourth-order valence-electron chi connectivity index (χ4n) is 4.51. The van der Waals surface area contributed by atoms with Gasteiger partial charge >= 0.3 is 0 Å². The Morgan fingerprint density at radius 1 is 1.16 bits per heavy atom. The van der Waals surface area contributed by atoms with Crippen molar-refractivity contribution in [2.24, 2.45) is 0 Å². The number of nitrogens with zero attached hydrogens (tertiary/aromatic N) is 3. The predicted molar refractivity (Wildman–Crippen MR) is 174 cm³/mol. The van der Waals surface area contributed by atoms with Gasteiger partial charge in [0.25, 0.3) is 11.8 Å². The minimum Gasteiger partial charge on any atom is -0.474 e. The van der Waals surface area contributed by atoms with Crippen LogP contribution in [0.4, 0.5) is 17.2 Å². The molecule has 10 nitrogen and oxygen atoms in total. The molecule has 4 N–H and O–H groups in total. The quantitative estimate of drug-likeness (QED) is 0.0805. The van der Waals surface area contributed by atoms with Crippen LogP contribution < -0.4 is 26.0 Å². The van der Waals surface area contributed by atoms with E-state index in [1.54, 1.807) is 43.5 Å². The minimum absolute atomic E-state index is 0.0834. The number of ether oxygens (including phenoxy) is 2. The molecular formula is C32H37N6O4P. The summed E-state index contributed by atoms with van der Waals surface area (Å²) in [5.74, 6) is -0.359. The molecule has 1 saturated heterocycles. The second-order valence-electron chi connectivity index (χ2n) is 10.3. The van der Waals surface area contributed by atoms with Gasteiger partial charge in [-0.3, -0.25) is 19.9 Å². The SMILES string of the molecule is C=C(C(=O)Nc1ccc(Oc2ccnc(N)c2C(=N)OC2CCN(C)CC2)c(P)c1)C(=O)N(/C=C\C)c1ccc(C)cc1. The zero-order valence-electron chi connectivity index (χ0n) is 24.6. The number of amides is 2. The molecule has 2 amide bonds. The second-order valence-corrected chi connectivity index (χ2v) is 10.9. The van der Waals surface area contributed by atoms with Crippen molar-refractivity contribution in [3.8, 4) is 11.5 Å². The molecule has 224 valence electrons. The van der Waals surface area contributed by atoms with E-state index in [1.807, 2.05) is 31.2 Å². The summed E-state index contributed by atoms with van der Waals surface area (Å²) in [6.07, 6.45) is 6.36. The Kier molecular flexibility index (Phi) is 10.3. The first-order chi connectivity index (χ1) is 20.6. The van der Waals surface area contributed by atoms with E-state index in [1.165, 1.54) is 11.1 Å². The maximum Gasteiger partial charge on any atom is 0.267 e. The van der Waals surface area contributed by atoms with Crippen LogP contribution in [0.5, 0.6) is 11.5 Å². The molecule has 11 heteroatoms. The maximum absolute atomic E-state index is 13.2. The Morgan fingerprint density at radius 2 is 1.86 bits per heavy atom.